The second-order valence-electron chi connectivity index (χ2n) is 11.7. The first-order valence-electron chi connectivity index (χ1n) is 12.1. The molecule has 3 heteroatoms. The average molecular weight is 413 g/mol. The van der Waals surface area contributed by atoms with Gasteiger partial charge in [0, 0.05) is 5.41 Å². The third-order valence-electron chi connectivity index (χ3n) is 9.17. The van der Waals surface area contributed by atoms with E-state index in [0.29, 0.717) is 0 Å². The van der Waals surface area contributed by atoms with Crippen molar-refractivity contribution < 1.29 is 14.6 Å². The van der Waals surface area contributed by atoms with Gasteiger partial charge in [-0.1, -0.05) is 32.9 Å². The Morgan fingerprint density at radius 1 is 1.07 bits per heavy atom. The predicted molar refractivity (Wildman–Crippen MR) is 120 cm³/mol. The van der Waals surface area contributed by atoms with Gasteiger partial charge >= 0.3 is 5.97 Å². The van der Waals surface area contributed by atoms with E-state index < -0.39 is 5.60 Å². The number of hydrogen-bond acceptors (Lipinski definition) is 3. The lowest BCUT2D eigenvalue weighted by Crippen LogP contribution is -2.57. The van der Waals surface area contributed by atoms with E-state index in [1.165, 1.54) is 44.1 Å². The SMILES string of the molecule is CCC(C)(CC(C)C(=O)OC(C)(C)C12CC3CC(CC(C3)C1)C2)c1ccc(O)cc1. The van der Waals surface area contributed by atoms with Crippen LogP contribution in [0.2, 0.25) is 0 Å². The van der Waals surface area contributed by atoms with Crippen molar-refractivity contribution in [3.8, 4) is 5.75 Å². The van der Waals surface area contributed by atoms with Crippen molar-refractivity contribution in [2.75, 3.05) is 0 Å². The van der Waals surface area contributed by atoms with Crippen LogP contribution in [0.15, 0.2) is 24.3 Å². The molecule has 2 atom stereocenters. The van der Waals surface area contributed by atoms with Crippen molar-refractivity contribution >= 4 is 5.97 Å². The summed E-state index contributed by atoms with van der Waals surface area (Å²) < 4.78 is 6.35. The molecule has 4 aliphatic carbocycles. The number of phenols is 1. The monoisotopic (exact) mass is 412 g/mol. The van der Waals surface area contributed by atoms with Gasteiger partial charge in [-0.2, -0.15) is 0 Å². The van der Waals surface area contributed by atoms with E-state index in [4.69, 9.17) is 4.74 Å². The second kappa shape index (κ2) is 7.57. The molecule has 1 aromatic carbocycles. The predicted octanol–water partition coefficient (Wildman–Crippen LogP) is 6.62. The molecule has 0 aliphatic heterocycles. The molecule has 0 amide bonds. The van der Waals surface area contributed by atoms with Gasteiger partial charge in [0.05, 0.1) is 5.92 Å². The Bertz CT molecular complexity index is 743. The number of aromatic hydroxyl groups is 1. The highest BCUT2D eigenvalue weighted by Crippen LogP contribution is 2.64. The fraction of sp³-hybridized carbons (Fsp3) is 0.741. The van der Waals surface area contributed by atoms with Crippen molar-refractivity contribution in [1.29, 1.82) is 0 Å². The Balaban J connectivity index is 1.45. The molecular formula is C27H40O3. The smallest absolute Gasteiger partial charge is 0.309 e. The largest absolute Gasteiger partial charge is 0.508 e. The van der Waals surface area contributed by atoms with E-state index in [2.05, 4.69) is 27.7 Å². The first-order valence-corrected chi connectivity index (χ1v) is 12.1. The van der Waals surface area contributed by atoms with Crippen LogP contribution in [0.1, 0.15) is 91.5 Å². The number of carbonyl (C=O) groups is 1. The molecule has 30 heavy (non-hydrogen) atoms. The Hall–Kier alpha value is -1.51. The highest BCUT2D eigenvalue weighted by molar-refractivity contribution is 5.72. The first kappa shape index (κ1) is 21.7. The van der Waals surface area contributed by atoms with Crippen LogP contribution < -0.4 is 0 Å². The van der Waals surface area contributed by atoms with E-state index in [-0.39, 0.29) is 28.5 Å². The maximum Gasteiger partial charge on any atom is 0.309 e. The number of phenolic OH excluding ortho intramolecular Hbond substituents is 1. The van der Waals surface area contributed by atoms with Gasteiger partial charge in [0.1, 0.15) is 11.4 Å². The summed E-state index contributed by atoms with van der Waals surface area (Å²) in [7, 11) is 0. The van der Waals surface area contributed by atoms with Crippen molar-refractivity contribution in [3.63, 3.8) is 0 Å². The van der Waals surface area contributed by atoms with Gasteiger partial charge in [-0.05, 0) is 106 Å². The number of ether oxygens (including phenoxy) is 1. The van der Waals surface area contributed by atoms with Crippen molar-refractivity contribution in [1.82, 2.24) is 0 Å². The Morgan fingerprint density at radius 2 is 1.57 bits per heavy atom. The minimum Gasteiger partial charge on any atom is -0.508 e. The molecule has 0 heterocycles. The lowest BCUT2D eigenvalue weighted by molar-refractivity contribution is -0.202. The second-order valence-corrected chi connectivity index (χ2v) is 11.7. The molecule has 4 bridgehead atoms. The maximum absolute atomic E-state index is 13.3. The third-order valence-corrected chi connectivity index (χ3v) is 9.17. The van der Waals surface area contributed by atoms with Gasteiger partial charge in [0.15, 0.2) is 0 Å². The van der Waals surface area contributed by atoms with Gasteiger partial charge in [-0.15, -0.1) is 0 Å². The van der Waals surface area contributed by atoms with Crippen LogP contribution in [0.3, 0.4) is 0 Å². The van der Waals surface area contributed by atoms with Crippen LogP contribution in [-0.4, -0.2) is 16.7 Å². The van der Waals surface area contributed by atoms with Crippen LogP contribution in [0.25, 0.3) is 0 Å². The van der Waals surface area contributed by atoms with E-state index in [0.717, 1.165) is 30.6 Å². The topological polar surface area (TPSA) is 46.5 Å². The van der Waals surface area contributed by atoms with E-state index >= 15 is 0 Å². The lowest BCUT2D eigenvalue weighted by atomic mass is 9.46. The summed E-state index contributed by atoms with van der Waals surface area (Å²) in [4.78, 5) is 13.3. The molecule has 3 nitrogen and oxygen atoms in total. The molecule has 1 aromatic rings. The minimum atomic E-state index is -0.393. The lowest BCUT2D eigenvalue weighted by Gasteiger charge is -2.61. The Kier molecular flexibility index (Phi) is 5.48. The molecule has 2 unspecified atom stereocenters. The van der Waals surface area contributed by atoms with Gasteiger partial charge in [0.25, 0.3) is 0 Å². The first-order chi connectivity index (χ1) is 14.1. The summed E-state index contributed by atoms with van der Waals surface area (Å²) in [6.07, 6.45) is 9.64. The molecule has 1 N–H and O–H groups in total. The maximum atomic E-state index is 13.3. The Morgan fingerprint density at radius 3 is 2.03 bits per heavy atom. The summed E-state index contributed by atoms with van der Waals surface area (Å²) in [5.74, 6) is 2.63. The number of benzene rings is 1. The standard InChI is InChI=1S/C27H40O3/c1-6-26(5,22-7-9-23(28)10-8-22)14-18(2)24(29)30-25(3,4)27-15-19-11-20(16-27)13-21(12-19)17-27/h7-10,18-21,28H,6,11-17H2,1-5H3. The van der Waals surface area contributed by atoms with Crippen LogP contribution in [0, 0.1) is 29.1 Å². The minimum absolute atomic E-state index is 0.0470. The Labute approximate surface area is 182 Å². The number of rotatable bonds is 7. The average Bonchev–Trinajstić information content (AvgIpc) is 2.66. The van der Waals surface area contributed by atoms with E-state index in [1.807, 2.05) is 19.1 Å². The molecule has 0 spiro atoms. The molecule has 0 aromatic heterocycles. The summed E-state index contributed by atoms with van der Waals surface area (Å²) in [6, 6.07) is 7.44. The fourth-order valence-corrected chi connectivity index (χ4v) is 7.40. The molecule has 4 aliphatic rings. The highest BCUT2D eigenvalue weighted by Gasteiger charge is 2.58. The molecular weight excluding hydrogens is 372 g/mol. The van der Waals surface area contributed by atoms with Crippen molar-refractivity contribution in [2.45, 2.75) is 97.0 Å². The number of esters is 1. The van der Waals surface area contributed by atoms with Crippen LogP contribution >= 0.6 is 0 Å². The number of hydrogen-bond donors (Lipinski definition) is 1. The van der Waals surface area contributed by atoms with Crippen LogP contribution in [0.5, 0.6) is 5.75 Å². The van der Waals surface area contributed by atoms with Crippen molar-refractivity contribution in [2.24, 2.45) is 29.1 Å². The quantitative estimate of drug-likeness (QED) is 0.512. The van der Waals surface area contributed by atoms with Gasteiger partial charge in [-0.3, -0.25) is 4.79 Å². The summed E-state index contributed by atoms with van der Waals surface area (Å²) in [6.45, 7) is 10.8. The molecule has 0 radical (unpaired) electrons. The zero-order valence-electron chi connectivity index (χ0n) is 19.5. The summed E-state index contributed by atoms with van der Waals surface area (Å²) in [5, 5.41) is 9.64. The van der Waals surface area contributed by atoms with Gasteiger partial charge in [-0.25, -0.2) is 0 Å². The summed E-state index contributed by atoms with van der Waals surface area (Å²) in [5.41, 5.74) is 0.844. The van der Waals surface area contributed by atoms with E-state index in [9.17, 15) is 9.90 Å². The normalized spacial score (nSPS) is 33.2. The molecule has 4 fully saturated rings. The summed E-state index contributed by atoms with van der Waals surface area (Å²) >= 11 is 0. The van der Waals surface area contributed by atoms with E-state index in [1.54, 1.807) is 12.1 Å². The zero-order chi connectivity index (χ0) is 21.7. The highest BCUT2D eigenvalue weighted by atomic mass is 16.6. The molecule has 0 saturated heterocycles. The third kappa shape index (κ3) is 3.78. The van der Waals surface area contributed by atoms with Crippen LogP contribution in [0.4, 0.5) is 0 Å². The zero-order valence-corrected chi connectivity index (χ0v) is 19.5. The van der Waals surface area contributed by atoms with Crippen LogP contribution in [-0.2, 0) is 14.9 Å². The molecule has 5 rings (SSSR count). The molecule has 4 saturated carbocycles. The fourth-order valence-electron chi connectivity index (χ4n) is 7.40. The van der Waals surface area contributed by atoms with Crippen molar-refractivity contribution in [3.05, 3.63) is 29.8 Å². The number of carbonyl (C=O) groups excluding carboxylic acids is 1. The molecule has 166 valence electrons. The van der Waals surface area contributed by atoms with Gasteiger partial charge in [0.2, 0.25) is 0 Å². The van der Waals surface area contributed by atoms with Gasteiger partial charge < -0.3 is 9.84 Å².